The molecule has 0 spiro atoms. The lowest BCUT2D eigenvalue weighted by Gasteiger charge is -2.37. The molecular formula is C24H24N3S+. The third kappa shape index (κ3) is 2.34. The first-order chi connectivity index (χ1) is 13.8. The Bertz CT molecular complexity index is 1270. The van der Waals surface area contributed by atoms with E-state index in [9.17, 15) is 0 Å². The van der Waals surface area contributed by atoms with Gasteiger partial charge in [0.1, 0.15) is 6.54 Å². The monoisotopic (exact) mass is 386 g/mol. The van der Waals surface area contributed by atoms with Crippen molar-refractivity contribution in [3.63, 3.8) is 0 Å². The van der Waals surface area contributed by atoms with E-state index in [1.165, 1.54) is 81.2 Å². The van der Waals surface area contributed by atoms with Crippen LogP contribution in [0.5, 0.6) is 0 Å². The molecule has 0 fully saturated rings. The number of nitrogens with zero attached hydrogens (tertiary/aromatic N) is 2. The molecule has 2 aromatic rings. The second-order valence-corrected chi connectivity index (χ2v) is 9.02. The number of nitrogens with one attached hydrogen (secondary N) is 1. The molecule has 3 heterocycles. The highest BCUT2D eigenvalue weighted by atomic mass is 32.1. The molecule has 28 heavy (non-hydrogen) atoms. The summed E-state index contributed by atoms with van der Waals surface area (Å²) in [5.41, 5.74) is 6.94. The summed E-state index contributed by atoms with van der Waals surface area (Å²) in [6.45, 7) is 5.51. The summed E-state index contributed by atoms with van der Waals surface area (Å²) in [4.78, 5) is 12.7. The second-order valence-electron chi connectivity index (χ2n) is 7.97. The molecule has 0 aromatic heterocycles. The van der Waals surface area contributed by atoms with Crippen LogP contribution in [0.15, 0.2) is 36.4 Å². The lowest BCUT2D eigenvalue weighted by Crippen LogP contribution is -2.76. The molecule has 140 valence electrons. The number of hydrogen-bond acceptors (Lipinski definition) is 3. The highest BCUT2D eigenvalue weighted by Gasteiger charge is 2.27. The van der Waals surface area contributed by atoms with E-state index in [0.717, 1.165) is 12.2 Å². The molecule has 1 N–H and O–H groups in total. The molecule has 0 saturated carbocycles. The molecule has 0 atom stereocenters. The SMILES string of the molecule is CC[NH+]=c1cc2sc3c4c5c(cc3nc-2c2ccccc12)CCCN5CCC4. The quantitative estimate of drug-likeness (QED) is 0.402. The van der Waals surface area contributed by atoms with Crippen molar-refractivity contribution in [2.24, 2.45) is 0 Å². The first-order valence-electron chi connectivity index (χ1n) is 10.5. The zero-order valence-electron chi connectivity index (χ0n) is 16.2. The van der Waals surface area contributed by atoms with Gasteiger partial charge in [0.2, 0.25) is 5.36 Å². The number of rotatable bonds is 1. The minimum absolute atomic E-state index is 0.925. The number of fused-ring (bicyclic) bond motifs is 5. The van der Waals surface area contributed by atoms with Crippen molar-refractivity contribution in [1.82, 2.24) is 4.98 Å². The summed E-state index contributed by atoms with van der Waals surface area (Å²) >= 11 is 1.94. The summed E-state index contributed by atoms with van der Waals surface area (Å²) in [6, 6.07) is 13.4. The van der Waals surface area contributed by atoms with Crippen LogP contribution in [-0.4, -0.2) is 24.6 Å². The van der Waals surface area contributed by atoms with Crippen LogP contribution in [0.3, 0.4) is 0 Å². The lowest BCUT2D eigenvalue weighted by molar-refractivity contribution is -0.494. The Labute approximate surface area is 168 Å². The number of benzene rings is 3. The van der Waals surface area contributed by atoms with Gasteiger partial charge in [-0.3, -0.25) is 0 Å². The molecule has 0 amide bonds. The maximum absolute atomic E-state index is 5.24. The van der Waals surface area contributed by atoms with Crippen LogP contribution in [0.25, 0.3) is 31.6 Å². The van der Waals surface area contributed by atoms with Crippen molar-refractivity contribution in [1.29, 1.82) is 0 Å². The van der Waals surface area contributed by atoms with Crippen molar-refractivity contribution in [2.45, 2.75) is 32.6 Å². The van der Waals surface area contributed by atoms with Gasteiger partial charge < -0.3 is 4.90 Å². The molecule has 4 heteroatoms. The van der Waals surface area contributed by atoms with E-state index >= 15 is 0 Å². The fourth-order valence-electron chi connectivity index (χ4n) is 5.11. The Balaban J connectivity index is 1.75. The topological polar surface area (TPSA) is 30.1 Å². The highest BCUT2D eigenvalue weighted by molar-refractivity contribution is 7.21. The van der Waals surface area contributed by atoms with Crippen LogP contribution in [-0.2, 0) is 12.8 Å². The summed E-state index contributed by atoms with van der Waals surface area (Å²) in [5, 5.41) is 3.74. The van der Waals surface area contributed by atoms with Crippen LogP contribution in [0, 0.1) is 0 Å². The van der Waals surface area contributed by atoms with Crippen LogP contribution in [0.1, 0.15) is 30.9 Å². The van der Waals surface area contributed by atoms with Crippen molar-refractivity contribution in [3.8, 4) is 10.6 Å². The first-order valence-corrected chi connectivity index (χ1v) is 11.3. The summed E-state index contributed by atoms with van der Waals surface area (Å²) in [7, 11) is 0. The molecule has 1 aliphatic carbocycles. The lowest BCUT2D eigenvalue weighted by atomic mass is 9.91. The van der Waals surface area contributed by atoms with Crippen LogP contribution >= 0.6 is 11.3 Å². The van der Waals surface area contributed by atoms with Gasteiger partial charge in [0.05, 0.1) is 26.2 Å². The molecule has 0 bridgehead atoms. The minimum atomic E-state index is 0.925. The Morgan fingerprint density at radius 3 is 2.75 bits per heavy atom. The largest absolute Gasteiger partial charge is 0.371 e. The Morgan fingerprint density at radius 1 is 1.07 bits per heavy atom. The van der Waals surface area contributed by atoms with Gasteiger partial charge in [0.25, 0.3) is 0 Å². The summed E-state index contributed by atoms with van der Waals surface area (Å²) in [5.74, 6) is 0. The Hall–Kier alpha value is -2.46. The fraction of sp³-hybridized carbons (Fsp3) is 0.333. The molecule has 6 rings (SSSR count). The minimum Gasteiger partial charge on any atom is -0.371 e. The van der Waals surface area contributed by atoms with E-state index in [4.69, 9.17) is 4.98 Å². The van der Waals surface area contributed by atoms with Crippen molar-refractivity contribution < 1.29 is 4.99 Å². The number of aryl methyl sites for hydroxylation is 2. The predicted molar refractivity (Wildman–Crippen MR) is 117 cm³/mol. The maximum atomic E-state index is 5.24. The van der Waals surface area contributed by atoms with Gasteiger partial charge in [0, 0.05) is 30.2 Å². The van der Waals surface area contributed by atoms with Gasteiger partial charge in [-0.15, -0.1) is 11.3 Å². The van der Waals surface area contributed by atoms with Gasteiger partial charge in [-0.2, -0.15) is 0 Å². The van der Waals surface area contributed by atoms with Gasteiger partial charge >= 0.3 is 0 Å². The second kappa shape index (κ2) is 6.28. The zero-order chi connectivity index (χ0) is 18.7. The standard InChI is InChI=1S/C24H23N3S/c1-2-25-19-14-21-22(17-9-4-3-8-16(17)19)26-20-13-15-7-5-11-27-12-6-10-18(23(15)27)24(20)28-21/h3-4,8-9,13-14H,2,5-7,10-12H2,1H3/p+1. The Kier molecular flexibility index (Phi) is 3.70. The number of hydrogen-bond donors (Lipinski definition) is 1. The molecule has 3 nitrogen and oxygen atoms in total. The van der Waals surface area contributed by atoms with Gasteiger partial charge in [-0.25, -0.2) is 9.98 Å². The highest BCUT2D eigenvalue weighted by Crippen LogP contribution is 2.43. The third-order valence-corrected chi connectivity index (χ3v) is 7.44. The zero-order valence-corrected chi connectivity index (χ0v) is 17.0. The van der Waals surface area contributed by atoms with Gasteiger partial charge in [0.15, 0.2) is 0 Å². The molecule has 2 aromatic carbocycles. The average Bonchev–Trinajstić information content (AvgIpc) is 2.74. The van der Waals surface area contributed by atoms with Crippen LogP contribution in [0.4, 0.5) is 5.69 Å². The van der Waals surface area contributed by atoms with Crippen molar-refractivity contribution in [2.75, 3.05) is 24.5 Å². The predicted octanol–water partition coefficient (Wildman–Crippen LogP) is 3.25. The maximum Gasteiger partial charge on any atom is 0.207 e. The normalized spacial score (nSPS) is 16.9. The Morgan fingerprint density at radius 2 is 1.89 bits per heavy atom. The van der Waals surface area contributed by atoms with Crippen LogP contribution < -0.4 is 15.2 Å². The van der Waals surface area contributed by atoms with E-state index in [1.54, 1.807) is 5.56 Å². The smallest absolute Gasteiger partial charge is 0.207 e. The number of anilines is 1. The van der Waals surface area contributed by atoms with Crippen molar-refractivity contribution >= 4 is 38.0 Å². The molecule has 3 aliphatic heterocycles. The third-order valence-electron chi connectivity index (χ3n) is 6.25. The van der Waals surface area contributed by atoms with Crippen LogP contribution in [0.2, 0.25) is 0 Å². The average molecular weight is 387 g/mol. The van der Waals surface area contributed by atoms with E-state index in [1.807, 2.05) is 11.3 Å². The first kappa shape index (κ1) is 16.5. The number of aromatic nitrogens is 1. The van der Waals surface area contributed by atoms with Gasteiger partial charge in [-0.05, 0) is 55.9 Å². The van der Waals surface area contributed by atoms with Gasteiger partial charge in [-0.1, -0.05) is 18.2 Å². The molecule has 0 radical (unpaired) electrons. The summed E-state index contributed by atoms with van der Waals surface area (Å²) in [6.07, 6.45) is 4.91. The van der Waals surface area contributed by atoms with E-state index in [-0.39, 0.29) is 0 Å². The van der Waals surface area contributed by atoms with E-state index < -0.39 is 0 Å². The van der Waals surface area contributed by atoms with Crippen molar-refractivity contribution in [3.05, 3.63) is 52.9 Å². The molecule has 4 aliphatic rings. The molecular weight excluding hydrogens is 362 g/mol. The van der Waals surface area contributed by atoms with E-state index in [0.29, 0.717) is 0 Å². The molecule has 0 unspecified atom stereocenters. The molecule has 0 saturated heterocycles. The summed E-state index contributed by atoms with van der Waals surface area (Å²) < 4.78 is 1.40. The van der Waals surface area contributed by atoms with E-state index in [2.05, 4.69) is 53.2 Å². The fourth-order valence-corrected chi connectivity index (χ4v) is 6.29.